The number of nitrogens with two attached hydrogens (primary N) is 1. The Labute approximate surface area is 201 Å². The van der Waals surface area contributed by atoms with Gasteiger partial charge in [0.15, 0.2) is 0 Å². The second kappa shape index (κ2) is 8.99. The van der Waals surface area contributed by atoms with Crippen LogP contribution in [0, 0.1) is 5.82 Å². The summed E-state index contributed by atoms with van der Waals surface area (Å²) in [6.07, 6.45) is 5.65. The van der Waals surface area contributed by atoms with Crippen molar-refractivity contribution in [2.45, 2.75) is 40.3 Å². The topological polar surface area (TPSA) is 140 Å². The van der Waals surface area contributed by atoms with Gasteiger partial charge >= 0.3 is 0 Å². The molecular formula is C24H24FN5O4S. The van der Waals surface area contributed by atoms with Gasteiger partial charge in [0.25, 0.3) is 0 Å². The van der Waals surface area contributed by atoms with Gasteiger partial charge in [-0.2, -0.15) is 5.10 Å². The maximum atomic E-state index is 13.7. The number of aromatic amines is 1. The molecule has 0 radical (unpaired) electrons. The zero-order chi connectivity index (χ0) is 24.6. The Bertz CT molecular complexity index is 1450. The number of aliphatic imine (C=N–C) groups is 1. The van der Waals surface area contributed by atoms with Gasteiger partial charge in [0.05, 0.1) is 21.0 Å². The van der Waals surface area contributed by atoms with Crippen molar-refractivity contribution in [1.29, 1.82) is 0 Å². The quantitative estimate of drug-likeness (QED) is 0.476. The maximum absolute atomic E-state index is 13.7. The molecule has 2 aromatic carbocycles. The molecule has 0 spiro atoms. The molecule has 3 heterocycles. The van der Waals surface area contributed by atoms with Gasteiger partial charge in [0.1, 0.15) is 17.4 Å². The second-order valence-corrected chi connectivity index (χ2v) is 10.5. The molecule has 1 fully saturated rings. The SMILES string of the molecule is NC(=O)C1(c2[nH]nc3ccc(S(=O)(=O)c4cccc(F)c4)cc23)C=CC=NC1NC1CCOCC1. The molecule has 2 atom stereocenters. The number of aromatic nitrogens is 2. The van der Waals surface area contributed by atoms with Gasteiger partial charge in [0.2, 0.25) is 15.7 Å². The molecule has 3 aromatic rings. The molecule has 5 rings (SSSR count). The monoisotopic (exact) mass is 497 g/mol. The van der Waals surface area contributed by atoms with Crippen LogP contribution in [0.4, 0.5) is 4.39 Å². The Morgan fingerprint density at radius 3 is 2.69 bits per heavy atom. The lowest BCUT2D eigenvalue weighted by Gasteiger charge is -2.38. The number of primary amides is 1. The zero-order valence-electron chi connectivity index (χ0n) is 18.6. The Kier molecular flexibility index (Phi) is 5.99. The van der Waals surface area contributed by atoms with E-state index < -0.39 is 33.1 Å². The van der Waals surface area contributed by atoms with Crippen molar-refractivity contribution in [3.63, 3.8) is 0 Å². The van der Waals surface area contributed by atoms with Crippen molar-refractivity contribution in [3.05, 3.63) is 66.1 Å². The smallest absolute Gasteiger partial charge is 0.237 e. The van der Waals surface area contributed by atoms with Crippen molar-refractivity contribution in [3.8, 4) is 0 Å². The largest absolute Gasteiger partial charge is 0.381 e. The van der Waals surface area contributed by atoms with Crippen LogP contribution in [0.15, 0.2) is 69.4 Å². The van der Waals surface area contributed by atoms with Crippen molar-refractivity contribution in [2.75, 3.05) is 13.2 Å². The lowest BCUT2D eigenvalue weighted by Crippen LogP contribution is -2.58. The second-order valence-electron chi connectivity index (χ2n) is 8.58. The first-order valence-electron chi connectivity index (χ1n) is 11.2. The van der Waals surface area contributed by atoms with Crippen molar-refractivity contribution >= 4 is 32.9 Å². The van der Waals surface area contributed by atoms with E-state index >= 15 is 0 Å². The molecule has 11 heteroatoms. The molecule has 9 nitrogen and oxygen atoms in total. The van der Waals surface area contributed by atoms with Crippen LogP contribution in [-0.4, -0.2) is 56.2 Å². The number of carbonyl (C=O) groups excluding carboxylic acids is 1. The molecule has 35 heavy (non-hydrogen) atoms. The lowest BCUT2D eigenvalue weighted by atomic mass is 9.77. The number of rotatable bonds is 6. The normalized spacial score (nSPS) is 23.1. The summed E-state index contributed by atoms with van der Waals surface area (Å²) in [4.78, 5) is 17.3. The van der Waals surface area contributed by atoms with Crippen molar-refractivity contribution in [2.24, 2.45) is 10.7 Å². The van der Waals surface area contributed by atoms with Crippen molar-refractivity contribution < 1.29 is 22.3 Å². The highest BCUT2D eigenvalue weighted by Crippen LogP contribution is 2.37. The van der Waals surface area contributed by atoms with Crippen LogP contribution < -0.4 is 11.1 Å². The number of H-pyrrole nitrogens is 1. The maximum Gasteiger partial charge on any atom is 0.237 e. The van der Waals surface area contributed by atoms with E-state index in [1.807, 2.05) is 0 Å². The number of hydrogen-bond donors (Lipinski definition) is 3. The van der Waals surface area contributed by atoms with Crippen LogP contribution in [-0.2, 0) is 24.8 Å². The average Bonchev–Trinajstić information content (AvgIpc) is 3.29. The molecule has 2 aliphatic heterocycles. The summed E-state index contributed by atoms with van der Waals surface area (Å²) in [5.41, 5.74) is 5.31. The number of nitrogens with zero attached hydrogens (tertiary/aromatic N) is 2. The van der Waals surface area contributed by atoms with Crippen LogP contribution in [0.2, 0.25) is 0 Å². The highest BCUT2D eigenvalue weighted by molar-refractivity contribution is 7.91. The third-order valence-electron chi connectivity index (χ3n) is 6.49. The Balaban J connectivity index is 1.62. The van der Waals surface area contributed by atoms with Crippen LogP contribution in [0.3, 0.4) is 0 Å². The molecule has 2 aliphatic rings. The minimum atomic E-state index is -4.03. The van der Waals surface area contributed by atoms with Gasteiger partial charge in [-0.05, 0) is 55.3 Å². The first-order chi connectivity index (χ1) is 16.8. The van der Waals surface area contributed by atoms with E-state index in [4.69, 9.17) is 10.5 Å². The van der Waals surface area contributed by atoms with Gasteiger partial charge < -0.3 is 10.5 Å². The summed E-state index contributed by atoms with van der Waals surface area (Å²) < 4.78 is 45.6. The number of hydrogen-bond acceptors (Lipinski definition) is 7. The number of sulfone groups is 1. The average molecular weight is 498 g/mol. The van der Waals surface area contributed by atoms with E-state index in [1.54, 1.807) is 18.4 Å². The van der Waals surface area contributed by atoms with Crippen LogP contribution in [0.1, 0.15) is 18.5 Å². The number of halogens is 1. The minimum absolute atomic E-state index is 0.0601. The molecule has 0 saturated carbocycles. The van der Waals surface area contributed by atoms with Crippen LogP contribution >= 0.6 is 0 Å². The molecule has 2 unspecified atom stereocenters. The molecule has 1 saturated heterocycles. The number of carbonyl (C=O) groups is 1. The Morgan fingerprint density at radius 1 is 1.17 bits per heavy atom. The fourth-order valence-electron chi connectivity index (χ4n) is 4.60. The first-order valence-corrected chi connectivity index (χ1v) is 12.6. The summed E-state index contributed by atoms with van der Waals surface area (Å²) in [6, 6.07) is 9.23. The first kappa shape index (κ1) is 23.3. The number of benzene rings is 2. The Morgan fingerprint density at radius 2 is 1.94 bits per heavy atom. The molecule has 0 bridgehead atoms. The Hall–Kier alpha value is -3.41. The van der Waals surface area contributed by atoms with E-state index in [2.05, 4.69) is 20.5 Å². The highest BCUT2D eigenvalue weighted by Gasteiger charge is 2.48. The van der Waals surface area contributed by atoms with Crippen molar-refractivity contribution in [1.82, 2.24) is 15.5 Å². The zero-order valence-corrected chi connectivity index (χ0v) is 19.5. The summed E-state index contributed by atoms with van der Waals surface area (Å²) in [6.45, 7) is 1.20. The molecule has 182 valence electrons. The summed E-state index contributed by atoms with van der Waals surface area (Å²) in [7, 11) is -4.03. The van der Waals surface area contributed by atoms with E-state index in [1.165, 1.54) is 36.4 Å². The summed E-state index contributed by atoms with van der Waals surface area (Å²) in [5, 5.41) is 11.0. The number of fused-ring (bicyclic) bond motifs is 1. The van der Waals surface area contributed by atoms with Crippen LogP contribution in [0.5, 0.6) is 0 Å². The van der Waals surface area contributed by atoms with Gasteiger partial charge in [-0.1, -0.05) is 12.1 Å². The predicted octanol–water partition coefficient (Wildman–Crippen LogP) is 1.99. The van der Waals surface area contributed by atoms with Gasteiger partial charge in [-0.15, -0.1) is 0 Å². The third-order valence-corrected chi connectivity index (χ3v) is 8.24. The molecule has 1 amide bonds. The van der Waals surface area contributed by atoms with Crippen LogP contribution in [0.25, 0.3) is 10.9 Å². The third kappa shape index (κ3) is 4.05. The predicted molar refractivity (Wildman–Crippen MR) is 127 cm³/mol. The summed E-state index contributed by atoms with van der Waals surface area (Å²) in [5.74, 6) is -1.32. The van der Waals surface area contributed by atoms with E-state index in [0.29, 0.717) is 29.8 Å². The molecule has 1 aromatic heterocycles. The highest BCUT2D eigenvalue weighted by atomic mass is 32.2. The number of dihydropyridines is 1. The number of allylic oxidation sites excluding steroid dienone is 1. The standard InChI is InChI=1S/C24H24FN5O4S/c25-15-3-1-4-17(13-15)35(32,33)18-5-6-20-19(14-18)21(30-29-20)24(22(26)31)9-2-10-27-23(24)28-16-7-11-34-12-8-16/h1-6,9-10,13-14,16,23,28H,7-8,11-12H2,(H2,26,31)(H,29,30). The van der Waals surface area contributed by atoms with Gasteiger partial charge in [-0.3, -0.25) is 20.2 Å². The van der Waals surface area contributed by atoms with E-state index in [0.717, 1.165) is 18.9 Å². The van der Waals surface area contributed by atoms with E-state index in [9.17, 15) is 17.6 Å². The lowest BCUT2D eigenvalue weighted by molar-refractivity contribution is -0.123. The summed E-state index contributed by atoms with van der Waals surface area (Å²) >= 11 is 0. The number of nitrogens with one attached hydrogen (secondary N) is 2. The molecular weight excluding hydrogens is 473 g/mol. The fourth-order valence-corrected chi connectivity index (χ4v) is 5.92. The van der Waals surface area contributed by atoms with E-state index in [-0.39, 0.29) is 15.8 Å². The molecule has 0 aliphatic carbocycles. The van der Waals surface area contributed by atoms with Gasteiger partial charge in [0, 0.05) is 30.9 Å². The number of ether oxygens (including phenoxy) is 1. The fraction of sp³-hybridized carbons (Fsp3) is 0.292. The molecule has 4 N–H and O–H groups in total. The number of amides is 1. The van der Waals surface area contributed by atoms with Gasteiger partial charge in [-0.25, -0.2) is 12.8 Å². The minimum Gasteiger partial charge on any atom is -0.381 e.